The average molecular weight is 811 g/mol. The van der Waals surface area contributed by atoms with Crippen LogP contribution in [0.15, 0.2) is 36.5 Å². The zero-order valence-corrected chi connectivity index (χ0v) is 34.9. The van der Waals surface area contributed by atoms with Crippen LogP contribution >= 0.6 is 0 Å². The molecule has 5 aliphatic heterocycles. The van der Waals surface area contributed by atoms with Gasteiger partial charge in [-0.25, -0.2) is 0 Å². The van der Waals surface area contributed by atoms with E-state index in [1.165, 1.54) is 21.3 Å². The van der Waals surface area contributed by atoms with Gasteiger partial charge in [0.15, 0.2) is 18.4 Å². The molecule has 5 fully saturated rings. The second kappa shape index (κ2) is 19.5. The number of rotatable bonds is 12. The molecule has 0 saturated carbocycles. The van der Waals surface area contributed by atoms with Gasteiger partial charge >= 0.3 is 5.97 Å². The molecule has 4 bridgehead atoms. The van der Waals surface area contributed by atoms with E-state index in [9.17, 15) is 24.9 Å². The molecule has 5 saturated heterocycles. The van der Waals surface area contributed by atoms with E-state index in [-0.39, 0.29) is 32.5 Å². The Hall–Kier alpha value is -2.12. The molecule has 0 aromatic heterocycles. The van der Waals surface area contributed by atoms with Crippen molar-refractivity contribution < 1.29 is 72.3 Å². The molecule has 5 heterocycles. The first kappa shape index (κ1) is 46.0. The van der Waals surface area contributed by atoms with Gasteiger partial charge in [-0.1, -0.05) is 78.3 Å². The maximum Gasteiger partial charge on any atom is 0.309 e. The Kier molecular flexibility index (Phi) is 15.7. The smallest absolute Gasteiger partial charge is 0.309 e. The SMILES string of the molecule is CCC/C=C/C=C/C=C/C1OC(=O)C[C@@H]2O[C@H](CC(=O)C3(O)O[C@H](C[C@H]3C)C1(C)C)C[C@H](O[C@@H]1OC[C@@H](OC)[C@H](O[C@@H]3OC[C@@H](OC)[C@H](O)[C@H]3O)[C@H]1OC)C2(C)C. The van der Waals surface area contributed by atoms with E-state index in [1.54, 1.807) is 6.92 Å². The molecule has 0 aromatic rings. The number of allylic oxidation sites excluding steroid dienone is 5. The van der Waals surface area contributed by atoms with Gasteiger partial charge in [-0.05, 0) is 18.9 Å². The van der Waals surface area contributed by atoms with Crippen LogP contribution in [-0.4, -0.2) is 147 Å². The number of cyclic esters (lactones) is 1. The fraction of sp³-hybridized carbons (Fsp3) is 0.810. The first-order valence-corrected chi connectivity index (χ1v) is 20.3. The fourth-order valence-electron chi connectivity index (χ4n) is 8.38. The van der Waals surface area contributed by atoms with Crippen LogP contribution in [0.5, 0.6) is 0 Å². The summed E-state index contributed by atoms with van der Waals surface area (Å²) in [6.45, 7) is 11.6. The Morgan fingerprint density at radius 3 is 2.16 bits per heavy atom. The molecule has 0 aliphatic carbocycles. The predicted octanol–water partition coefficient (Wildman–Crippen LogP) is 3.30. The zero-order valence-electron chi connectivity index (χ0n) is 34.9. The summed E-state index contributed by atoms with van der Waals surface area (Å²) in [7, 11) is 4.37. The number of aliphatic hydroxyl groups is 3. The summed E-state index contributed by atoms with van der Waals surface area (Å²) in [5.74, 6) is -3.63. The molecule has 57 heavy (non-hydrogen) atoms. The van der Waals surface area contributed by atoms with Gasteiger partial charge in [-0.2, -0.15) is 0 Å². The Bertz CT molecular complexity index is 1430. The topological polar surface area (TPSA) is 187 Å². The van der Waals surface area contributed by atoms with Crippen LogP contribution in [0.25, 0.3) is 0 Å². The summed E-state index contributed by atoms with van der Waals surface area (Å²) < 4.78 is 60.8. The Morgan fingerprint density at radius 1 is 0.789 bits per heavy atom. The monoisotopic (exact) mass is 810 g/mol. The highest BCUT2D eigenvalue weighted by Crippen LogP contribution is 2.48. The lowest BCUT2D eigenvalue weighted by atomic mass is 9.73. The van der Waals surface area contributed by atoms with E-state index in [1.807, 2.05) is 58.1 Å². The zero-order chi connectivity index (χ0) is 41.7. The van der Waals surface area contributed by atoms with Crippen molar-refractivity contribution in [2.75, 3.05) is 34.5 Å². The van der Waals surface area contributed by atoms with Crippen molar-refractivity contribution in [2.45, 2.75) is 166 Å². The third-order valence-corrected chi connectivity index (χ3v) is 12.5. The summed E-state index contributed by atoms with van der Waals surface area (Å²) in [6.07, 6.45) is 2.02. The molecule has 5 aliphatic rings. The van der Waals surface area contributed by atoms with Gasteiger partial charge < -0.3 is 62.7 Å². The molecule has 0 radical (unpaired) electrons. The predicted molar refractivity (Wildman–Crippen MR) is 205 cm³/mol. The second-order valence-corrected chi connectivity index (χ2v) is 17.2. The number of fused-ring (bicyclic) bond motifs is 4. The summed E-state index contributed by atoms with van der Waals surface area (Å²) in [5.41, 5.74) is -1.67. The number of carbonyl (C=O) groups is 2. The lowest BCUT2D eigenvalue weighted by Crippen LogP contribution is -2.62. The Labute approximate surface area is 336 Å². The quantitative estimate of drug-likeness (QED) is 0.192. The molecule has 0 spiro atoms. The van der Waals surface area contributed by atoms with Gasteiger partial charge in [-0.15, -0.1) is 0 Å². The van der Waals surface area contributed by atoms with Crippen molar-refractivity contribution in [3.8, 4) is 0 Å². The standard InChI is InChI=1S/C42H66O15/c1-10-11-12-13-14-15-16-17-29-40(3,4)32-18-24(2)42(47,57-32)28(43)19-25-20-30(41(5,6)31(53-25)21-33(44)54-29)55-39-37(50-9)36(27(49-8)23-52-39)56-38-35(46)34(45)26(48-7)22-51-38/h12-17,24-27,29-32,34-39,45-47H,10-11,18-23H2,1-9H3/b13-12+,15-14+,17-16+/t24-,25-,26-,27-,29?,30+,31+,32-,34+,35-,36+,37-,38+,39+,42?/m1/s1. The van der Waals surface area contributed by atoms with Crippen molar-refractivity contribution in [1.29, 1.82) is 0 Å². The maximum atomic E-state index is 14.1. The highest BCUT2D eigenvalue weighted by Gasteiger charge is 2.58. The molecule has 324 valence electrons. The number of hydrogen-bond donors (Lipinski definition) is 3. The average Bonchev–Trinajstić information content (AvgIpc) is 3.49. The lowest BCUT2D eigenvalue weighted by Gasteiger charge is -2.50. The molecular formula is C42H66O15. The van der Waals surface area contributed by atoms with Crippen LogP contribution in [-0.2, 0) is 57.0 Å². The first-order valence-electron chi connectivity index (χ1n) is 20.3. The molecule has 15 atom stereocenters. The van der Waals surface area contributed by atoms with Gasteiger partial charge in [0, 0.05) is 50.9 Å². The normalized spacial score (nSPS) is 42.9. The summed E-state index contributed by atoms with van der Waals surface area (Å²) in [4.78, 5) is 28.0. The number of esters is 1. The Balaban J connectivity index is 1.41. The number of ketones is 1. The van der Waals surface area contributed by atoms with Crippen LogP contribution in [0.3, 0.4) is 0 Å². The van der Waals surface area contributed by atoms with E-state index < -0.39 is 114 Å². The minimum Gasteiger partial charge on any atom is -0.457 e. The highest BCUT2D eigenvalue weighted by molar-refractivity contribution is 5.86. The van der Waals surface area contributed by atoms with Crippen LogP contribution < -0.4 is 0 Å². The maximum absolute atomic E-state index is 14.1. The number of Topliss-reactive ketones (excluding diaryl/α,β-unsaturated/α-hetero) is 1. The molecular weight excluding hydrogens is 744 g/mol. The largest absolute Gasteiger partial charge is 0.457 e. The summed E-state index contributed by atoms with van der Waals surface area (Å²) in [5, 5.41) is 33.3. The molecule has 5 rings (SSSR count). The summed E-state index contributed by atoms with van der Waals surface area (Å²) >= 11 is 0. The van der Waals surface area contributed by atoms with Crippen LogP contribution in [0.4, 0.5) is 0 Å². The number of ether oxygens (including phenoxy) is 10. The third-order valence-electron chi connectivity index (χ3n) is 12.5. The van der Waals surface area contributed by atoms with E-state index in [2.05, 4.69) is 13.0 Å². The minimum absolute atomic E-state index is 0.0140. The van der Waals surface area contributed by atoms with Crippen molar-refractivity contribution in [3.05, 3.63) is 36.5 Å². The number of carbonyl (C=O) groups excluding carboxylic acids is 2. The van der Waals surface area contributed by atoms with Crippen LogP contribution in [0.2, 0.25) is 0 Å². The van der Waals surface area contributed by atoms with Gasteiger partial charge in [0.1, 0.15) is 42.7 Å². The number of unbranched alkanes of at least 4 members (excludes halogenated alkanes) is 1. The van der Waals surface area contributed by atoms with E-state index >= 15 is 0 Å². The van der Waals surface area contributed by atoms with Gasteiger partial charge in [-0.3, -0.25) is 9.59 Å². The van der Waals surface area contributed by atoms with Crippen molar-refractivity contribution >= 4 is 11.8 Å². The second-order valence-electron chi connectivity index (χ2n) is 17.2. The Morgan fingerprint density at radius 2 is 1.47 bits per heavy atom. The van der Waals surface area contributed by atoms with Crippen LogP contribution in [0.1, 0.15) is 80.1 Å². The molecule has 15 nitrogen and oxygen atoms in total. The lowest BCUT2D eigenvalue weighted by molar-refractivity contribution is -0.352. The summed E-state index contributed by atoms with van der Waals surface area (Å²) in [6, 6.07) is 0. The molecule has 0 aromatic carbocycles. The van der Waals surface area contributed by atoms with E-state index in [0.29, 0.717) is 6.42 Å². The van der Waals surface area contributed by atoms with E-state index in [0.717, 1.165) is 12.8 Å². The van der Waals surface area contributed by atoms with Gasteiger partial charge in [0.2, 0.25) is 5.79 Å². The molecule has 3 N–H and O–H groups in total. The van der Waals surface area contributed by atoms with Crippen LogP contribution in [0, 0.1) is 16.7 Å². The van der Waals surface area contributed by atoms with E-state index in [4.69, 9.17) is 47.4 Å². The van der Waals surface area contributed by atoms with Gasteiger partial charge in [0.05, 0.1) is 44.1 Å². The number of hydrogen-bond acceptors (Lipinski definition) is 15. The van der Waals surface area contributed by atoms with Gasteiger partial charge in [0.25, 0.3) is 0 Å². The first-order chi connectivity index (χ1) is 27.0. The number of methoxy groups -OCH3 is 3. The van der Waals surface area contributed by atoms with Crippen molar-refractivity contribution in [2.24, 2.45) is 16.7 Å². The fourth-order valence-corrected chi connectivity index (χ4v) is 8.38. The minimum atomic E-state index is -2.07. The third kappa shape index (κ3) is 10.1. The molecule has 2 unspecified atom stereocenters. The molecule has 15 heteroatoms. The van der Waals surface area contributed by atoms with Crippen molar-refractivity contribution in [1.82, 2.24) is 0 Å². The highest BCUT2D eigenvalue weighted by atomic mass is 16.7. The van der Waals surface area contributed by atoms with Crippen molar-refractivity contribution in [3.63, 3.8) is 0 Å². The number of aliphatic hydroxyl groups excluding tert-OH is 2. The molecule has 0 amide bonds.